The average Bonchev–Trinajstić information content (AvgIpc) is 2.51. The highest BCUT2D eigenvalue weighted by atomic mass is 15.6. The molecule has 4 heterocycles. The Morgan fingerprint density at radius 1 is 0.400 bits per heavy atom. The Bertz CT molecular complexity index is 347. The van der Waals surface area contributed by atoms with Crippen LogP contribution in [0.1, 0.15) is 38.5 Å². The Hall–Kier alpha value is -0.160. The molecule has 0 radical (unpaired) electrons. The van der Waals surface area contributed by atoms with Crippen LogP contribution in [-0.2, 0) is 0 Å². The first-order chi connectivity index (χ1) is 9.88. The summed E-state index contributed by atoms with van der Waals surface area (Å²) in [5, 5.41) is 0. The Labute approximate surface area is 122 Å². The van der Waals surface area contributed by atoms with Crippen molar-refractivity contribution in [3.63, 3.8) is 0 Å². The van der Waals surface area contributed by atoms with Crippen molar-refractivity contribution in [2.24, 2.45) is 0 Å². The highest BCUT2D eigenvalue weighted by molar-refractivity contribution is 5.20. The summed E-state index contributed by atoms with van der Waals surface area (Å²) in [6.07, 6.45) is 8.49. The summed E-state index contributed by atoms with van der Waals surface area (Å²) in [6, 6.07) is 0. The van der Waals surface area contributed by atoms with Crippen LogP contribution in [-0.4, -0.2) is 83.3 Å². The predicted molar refractivity (Wildman–Crippen MR) is 79.5 cm³/mol. The summed E-state index contributed by atoms with van der Waals surface area (Å²) in [4.78, 5) is 11.6. The van der Waals surface area contributed by atoms with Gasteiger partial charge >= 0.3 is 0 Å². The summed E-state index contributed by atoms with van der Waals surface area (Å²) in [5.74, 6) is 0. The van der Waals surface area contributed by atoms with E-state index in [1.54, 1.807) is 0 Å². The fourth-order valence-electron chi connectivity index (χ4n) is 6.50. The summed E-state index contributed by atoms with van der Waals surface area (Å²) < 4.78 is 0. The Morgan fingerprint density at radius 2 is 0.750 bits per heavy atom. The second-order valence-electron chi connectivity index (χ2n) is 7.50. The first kappa shape index (κ1) is 12.4. The minimum atomic E-state index is 0.375. The van der Waals surface area contributed by atoms with Crippen molar-refractivity contribution < 1.29 is 0 Å². The van der Waals surface area contributed by atoms with Crippen LogP contribution in [0.25, 0.3) is 0 Å². The zero-order valence-corrected chi connectivity index (χ0v) is 12.7. The van der Waals surface area contributed by atoms with E-state index in [9.17, 15) is 0 Å². The third-order valence-corrected chi connectivity index (χ3v) is 7.03. The molecule has 4 heteroatoms. The van der Waals surface area contributed by atoms with Gasteiger partial charge < -0.3 is 0 Å². The molecule has 20 heavy (non-hydrogen) atoms. The van der Waals surface area contributed by atoms with E-state index in [2.05, 4.69) is 19.6 Å². The molecule has 5 aliphatic rings. The van der Waals surface area contributed by atoms with Crippen molar-refractivity contribution in [1.82, 2.24) is 19.6 Å². The van der Waals surface area contributed by atoms with Gasteiger partial charge in [-0.15, -0.1) is 0 Å². The summed E-state index contributed by atoms with van der Waals surface area (Å²) in [5.41, 5.74) is 0.751. The molecule has 112 valence electrons. The molecule has 4 aliphatic heterocycles. The lowest BCUT2D eigenvalue weighted by Gasteiger charge is -2.76. The highest BCUT2D eigenvalue weighted by Crippen LogP contribution is 2.55. The Morgan fingerprint density at radius 3 is 1.10 bits per heavy atom. The topological polar surface area (TPSA) is 13.0 Å². The van der Waals surface area contributed by atoms with Crippen molar-refractivity contribution in [2.45, 2.75) is 49.9 Å². The van der Waals surface area contributed by atoms with Crippen LogP contribution in [0.4, 0.5) is 0 Å². The molecule has 0 bridgehead atoms. The van der Waals surface area contributed by atoms with Gasteiger partial charge in [-0.2, -0.15) is 0 Å². The maximum absolute atomic E-state index is 2.91. The molecule has 2 spiro atoms. The zero-order valence-electron chi connectivity index (χ0n) is 12.7. The Balaban J connectivity index is 1.70. The van der Waals surface area contributed by atoms with Crippen molar-refractivity contribution in [3.8, 4) is 0 Å². The second-order valence-corrected chi connectivity index (χ2v) is 7.50. The maximum Gasteiger partial charge on any atom is 0.107 e. The number of piperazine rings is 2. The molecule has 1 aliphatic carbocycles. The van der Waals surface area contributed by atoms with Gasteiger partial charge in [-0.05, 0) is 38.5 Å². The minimum absolute atomic E-state index is 0.375. The lowest BCUT2D eigenvalue weighted by atomic mass is 9.69. The third-order valence-electron chi connectivity index (χ3n) is 7.03. The lowest BCUT2D eigenvalue weighted by Crippen LogP contribution is -2.91. The van der Waals surface area contributed by atoms with E-state index < -0.39 is 0 Å². The molecule has 0 aromatic heterocycles. The van der Waals surface area contributed by atoms with Crippen molar-refractivity contribution in [3.05, 3.63) is 0 Å². The van der Waals surface area contributed by atoms with E-state index in [1.165, 1.54) is 90.9 Å². The molecule has 1 saturated carbocycles. The molecule has 0 aromatic carbocycles. The molecular formula is C16H28N4. The molecule has 4 saturated heterocycles. The fraction of sp³-hybridized carbons (Fsp3) is 1.00. The molecule has 0 amide bonds. The second kappa shape index (κ2) is 4.19. The van der Waals surface area contributed by atoms with Gasteiger partial charge in [-0.25, -0.2) is 0 Å². The summed E-state index contributed by atoms with van der Waals surface area (Å²) >= 11 is 0. The van der Waals surface area contributed by atoms with Crippen LogP contribution in [0.3, 0.4) is 0 Å². The predicted octanol–water partition coefficient (Wildman–Crippen LogP) is 0.996. The molecular weight excluding hydrogens is 248 g/mol. The number of nitrogens with zero attached hydrogens (tertiary/aromatic N) is 4. The maximum atomic E-state index is 2.91. The standard InChI is InChI=1S/C16H28N4/c1-2-6-16-15(5-1)17-7-3-8-18(15)12-14-20(16)10-4-9-19(16)13-11-17/h1-14H2. The molecule has 0 unspecified atom stereocenters. The number of hydrogen-bond donors (Lipinski definition) is 0. The van der Waals surface area contributed by atoms with E-state index in [4.69, 9.17) is 0 Å². The van der Waals surface area contributed by atoms with Crippen molar-refractivity contribution in [2.75, 3.05) is 52.4 Å². The fourth-order valence-corrected chi connectivity index (χ4v) is 6.50. The zero-order chi connectivity index (χ0) is 13.2. The molecule has 0 aromatic rings. The van der Waals surface area contributed by atoms with Crippen molar-refractivity contribution >= 4 is 0 Å². The SMILES string of the molecule is C1CN2CCN3CCCN4CCN(C1)C21CCCCC341. The van der Waals surface area contributed by atoms with Gasteiger partial charge in [0.15, 0.2) is 0 Å². The largest absolute Gasteiger partial charge is 0.281 e. The van der Waals surface area contributed by atoms with Crippen LogP contribution in [0.15, 0.2) is 0 Å². The van der Waals surface area contributed by atoms with Gasteiger partial charge in [-0.1, -0.05) is 0 Å². The molecule has 5 fully saturated rings. The van der Waals surface area contributed by atoms with Crippen LogP contribution < -0.4 is 0 Å². The minimum Gasteiger partial charge on any atom is -0.281 e. The van der Waals surface area contributed by atoms with Crippen LogP contribution in [0, 0.1) is 0 Å². The van der Waals surface area contributed by atoms with Gasteiger partial charge in [0.1, 0.15) is 11.3 Å². The quantitative estimate of drug-likeness (QED) is 0.654. The average molecular weight is 276 g/mol. The first-order valence-corrected chi connectivity index (χ1v) is 8.88. The van der Waals surface area contributed by atoms with Crippen molar-refractivity contribution in [1.29, 1.82) is 0 Å². The van der Waals surface area contributed by atoms with Crippen LogP contribution >= 0.6 is 0 Å². The van der Waals surface area contributed by atoms with Gasteiger partial charge in [0, 0.05) is 52.4 Å². The highest BCUT2D eigenvalue weighted by Gasteiger charge is 2.68. The van der Waals surface area contributed by atoms with Gasteiger partial charge in [-0.3, -0.25) is 19.6 Å². The molecule has 5 rings (SSSR count). The molecule has 0 N–H and O–H groups in total. The van der Waals surface area contributed by atoms with Gasteiger partial charge in [0.2, 0.25) is 0 Å². The van der Waals surface area contributed by atoms with Gasteiger partial charge in [0.25, 0.3) is 0 Å². The summed E-state index contributed by atoms with van der Waals surface area (Å²) in [7, 11) is 0. The van der Waals surface area contributed by atoms with Crippen LogP contribution in [0.5, 0.6) is 0 Å². The van der Waals surface area contributed by atoms with E-state index in [0.29, 0.717) is 11.3 Å². The molecule has 4 nitrogen and oxygen atoms in total. The number of hydrogen-bond acceptors (Lipinski definition) is 4. The Kier molecular flexibility index (Phi) is 2.59. The smallest absolute Gasteiger partial charge is 0.107 e. The monoisotopic (exact) mass is 276 g/mol. The van der Waals surface area contributed by atoms with E-state index in [-0.39, 0.29) is 0 Å². The van der Waals surface area contributed by atoms with Crippen LogP contribution in [0.2, 0.25) is 0 Å². The molecule has 0 atom stereocenters. The van der Waals surface area contributed by atoms with E-state index in [0.717, 1.165) is 0 Å². The first-order valence-electron chi connectivity index (χ1n) is 8.88. The lowest BCUT2D eigenvalue weighted by molar-refractivity contribution is -0.313. The summed E-state index contributed by atoms with van der Waals surface area (Å²) in [6.45, 7) is 10.6. The van der Waals surface area contributed by atoms with Gasteiger partial charge in [0.05, 0.1) is 0 Å². The van der Waals surface area contributed by atoms with E-state index >= 15 is 0 Å². The third kappa shape index (κ3) is 1.24. The normalized spacial score (nSPS) is 46.8. The number of rotatable bonds is 0. The van der Waals surface area contributed by atoms with E-state index in [1.807, 2.05) is 0 Å².